The highest BCUT2D eigenvalue weighted by Gasteiger charge is 2.11. The van der Waals surface area contributed by atoms with Crippen LogP contribution in [0.4, 0.5) is 5.69 Å². The quantitative estimate of drug-likeness (QED) is 0.941. The third-order valence-corrected chi connectivity index (χ3v) is 3.15. The van der Waals surface area contributed by atoms with Crippen LogP contribution in [0.5, 0.6) is 5.75 Å². The summed E-state index contributed by atoms with van der Waals surface area (Å²) in [6, 6.07) is 14.0. The van der Waals surface area contributed by atoms with E-state index in [-0.39, 0.29) is 12.3 Å². The molecule has 4 nitrogen and oxygen atoms in total. The number of amides is 1. The molecule has 106 valence electrons. The van der Waals surface area contributed by atoms with E-state index in [2.05, 4.69) is 5.32 Å². The summed E-state index contributed by atoms with van der Waals surface area (Å²) in [4.78, 5) is 12.1. The van der Waals surface area contributed by atoms with Gasteiger partial charge in [-0.05, 0) is 30.3 Å². The maximum Gasteiger partial charge on any atom is 0.228 e. The molecule has 0 heterocycles. The van der Waals surface area contributed by atoms with E-state index in [1.165, 1.54) is 7.11 Å². The number of halogens is 1. The largest absolute Gasteiger partial charge is 0.496 e. The average molecular weight is 301 g/mol. The first-order valence-electron chi connectivity index (χ1n) is 6.25. The van der Waals surface area contributed by atoms with E-state index < -0.39 is 0 Å². The Bertz CT molecular complexity index is 708. The van der Waals surface area contributed by atoms with Crippen molar-refractivity contribution in [1.29, 1.82) is 5.26 Å². The number of ether oxygens (including phenoxy) is 1. The standard InChI is InChI=1S/C16H13ClN2O2/c1-21-15-7-6-13(17)8-12(15)9-16(20)19-14-5-3-2-4-11(14)10-18/h2-8H,9H2,1H3,(H,19,20). The van der Waals surface area contributed by atoms with E-state index in [4.69, 9.17) is 21.6 Å². The Hall–Kier alpha value is -2.51. The number of carbonyl (C=O) groups excluding carboxylic acids is 1. The van der Waals surface area contributed by atoms with E-state index in [1.807, 2.05) is 6.07 Å². The van der Waals surface area contributed by atoms with Gasteiger partial charge in [0.05, 0.1) is 24.8 Å². The summed E-state index contributed by atoms with van der Waals surface area (Å²) >= 11 is 5.93. The number of anilines is 1. The molecule has 0 saturated carbocycles. The van der Waals surface area contributed by atoms with Crippen molar-refractivity contribution >= 4 is 23.2 Å². The summed E-state index contributed by atoms with van der Waals surface area (Å²) in [7, 11) is 1.54. The first kappa shape index (κ1) is 14.9. The van der Waals surface area contributed by atoms with Gasteiger partial charge in [0.1, 0.15) is 11.8 Å². The zero-order valence-electron chi connectivity index (χ0n) is 11.4. The number of hydrogen-bond donors (Lipinski definition) is 1. The molecule has 2 rings (SSSR count). The third kappa shape index (κ3) is 3.74. The van der Waals surface area contributed by atoms with Crippen molar-refractivity contribution in [3.05, 3.63) is 58.6 Å². The summed E-state index contributed by atoms with van der Waals surface area (Å²) in [5.74, 6) is 0.362. The lowest BCUT2D eigenvalue weighted by Gasteiger charge is -2.10. The Balaban J connectivity index is 2.16. The number of nitrogens with zero attached hydrogens (tertiary/aromatic N) is 1. The molecule has 0 aliphatic carbocycles. The minimum Gasteiger partial charge on any atom is -0.496 e. The normalized spacial score (nSPS) is 9.76. The van der Waals surface area contributed by atoms with Crippen molar-refractivity contribution in [2.24, 2.45) is 0 Å². The second kappa shape index (κ2) is 6.78. The first-order chi connectivity index (χ1) is 10.1. The van der Waals surface area contributed by atoms with Crippen molar-refractivity contribution < 1.29 is 9.53 Å². The van der Waals surface area contributed by atoms with Crippen LogP contribution in [0.1, 0.15) is 11.1 Å². The molecular weight excluding hydrogens is 288 g/mol. The molecule has 0 aliphatic heterocycles. The van der Waals surface area contributed by atoms with Crippen LogP contribution in [-0.4, -0.2) is 13.0 Å². The number of benzene rings is 2. The molecule has 0 unspecified atom stereocenters. The van der Waals surface area contributed by atoms with E-state index >= 15 is 0 Å². The van der Waals surface area contributed by atoms with Crippen LogP contribution >= 0.6 is 11.6 Å². The fraction of sp³-hybridized carbons (Fsp3) is 0.125. The Morgan fingerprint density at radius 2 is 2.10 bits per heavy atom. The van der Waals surface area contributed by atoms with Gasteiger partial charge in [-0.2, -0.15) is 5.26 Å². The third-order valence-electron chi connectivity index (χ3n) is 2.92. The molecule has 0 atom stereocenters. The zero-order valence-corrected chi connectivity index (χ0v) is 12.1. The van der Waals surface area contributed by atoms with Crippen molar-refractivity contribution in [2.75, 3.05) is 12.4 Å². The van der Waals surface area contributed by atoms with E-state index in [9.17, 15) is 4.79 Å². The Morgan fingerprint density at radius 1 is 1.33 bits per heavy atom. The monoisotopic (exact) mass is 300 g/mol. The van der Waals surface area contributed by atoms with E-state index in [0.717, 1.165) is 0 Å². The van der Waals surface area contributed by atoms with Crippen molar-refractivity contribution in [1.82, 2.24) is 0 Å². The fourth-order valence-corrected chi connectivity index (χ4v) is 2.14. The predicted molar refractivity (Wildman–Crippen MR) is 81.5 cm³/mol. The molecule has 0 aromatic heterocycles. The lowest BCUT2D eigenvalue weighted by Crippen LogP contribution is -2.15. The number of nitriles is 1. The molecular formula is C16H13ClN2O2. The van der Waals surface area contributed by atoms with Crippen LogP contribution in [0.15, 0.2) is 42.5 Å². The summed E-state index contributed by atoms with van der Waals surface area (Å²) in [5, 5.41) is 12.3. The molecule has 1 N–H and O–H groups in total. The van der Waals surface area contributed by atoms with Gasteiger partial charge in [0, 0.05) is 10.6 Å². The molecule has 1 amide bonds. The van der Waals surface area contributed by atoms with Gasteiger partial charge >= 0.3 is 0 Å². The fourth-order valence-electron chi connectivity index (χ4n) is 1.94. The van der Waals surface area contributed by atoms with Crippen molar-refractivity contribution in [2.45, 2.75) is 6.42 Å². The number of carbonyl (C=O) groups is 1. The first-order valence-corrected chi connectivity index (χ1v) is 6.63. The molecule has 0 saturated heterocycles. The van der Waals surface area contributed by atoms with Gasteiger partial charge in [-0.1, -0.05) is 23.7 Å². The van der Waals surface area contributed by atoms with E-state index in [1.54, 1.807) is 42.5 Å². The maximum atomic E-state index is 12.1. The summed E-state index contributed by atoms with van der Waals surface area (Å²) in [6.07, 6.45) is 0.115. The van der Waals surface area contributed by atoms with Gasteiger partial charge in [-0.3, -0.25) is 4.79 Å². The second-order valence-electron chi connectivity index (χ2n) is 4.34. The smallest absolute Gasteiger partial charge is 0.228 e. The van der Waals surface area contributed by atoms with Crippen LogP contribution in [-0.2, 0) is 11.2 Å². The number of hydrogen-bond acceptors (Lipinski definition) is 3. The number of para-hydroxylation sites is 1. The zero-order chi connectivity index (χ0) is 15.2. The highest BCUT2D eigenvalue weighted by molar-refractivity contribution is 6.30. The Morgan fingerprint density at radius 3 is 2.81 bits per heavy atom. The predicted octanol–water partition coefficient (Wildman–Crippen LogP) is 3.40. The Kier molecular flexibility index (Phi) is 4.81. The molecule has 0 spiro atoms. The molecule has 0 fully saturated rings. The van der Waals surface area contributed by atoms with Crippen LogP contribution in [0, 0.1) is 11.3 Å². The number of methoxy groups -OCH3 is 1. The van der Waals surface area contributed by atoms with Crippen LogP contribution in [0.2, 0.25) is 5.02 Å². The molecule has 0 bridgehead atoms. The topological polar surface area (TPSA) is 62.1 Å². The maximum absolute atomic E-state index is 12.1. The van der Waals surface area contributed by atoms with Crippen molar-refractivity contribution in [3.63, 3.8) is 0 Å². The van der Waals surface area contributed by atoms with Gasteiger partial charge in [-0.25, -0.2) is 0 Å². The second-order valence-corrected chi connectivity index (χ2v) is 4.77. The summed E-state index contributed by atoms with van der Waals surface area (Å²) in [6.45, 7) is 0. The van der Waals surface area contributed by atoms with Gasteiger partial charge in [0.2, 0.25) is 5.91 Å². The minimum absolute atomic E-state index is 0.115. The van der Waals surface area contributed by atoms with Crippen LogP contribution < -0.4 is 10.1 Å². The summed E-state index contributed by atoms with van der Waals surface area (Å²) in [5.41, 5.74) is 1.60. The lowest BCUT2D eigenvalue weighted by molar-refractivity contribution is -0.115. The van der Waals surface area contributed by atoms with Gasteiger partial charge in [-0.15, -0.1) is 0 Å². The summed E-state index contributed by atoms with van der Waals surface area (Å²) < 4.78 is 5.21. The Labute approximate surface area is 127 Å². The van der Waals surface area contributed by atoms with Crippen LogP contribution in [0.3, 0.4) is 0 Å². The average Bonchev–Trinajstić information content (AvgIpc) is 2.48. The molecule has 0 aliphatic rings. The molecule has 5 heteroatoms. The van der Waals surface area contributed by atoms with Gasteiger partial charge in [0.15, 0.2) is 0 Å². The van der Waals surface area contributed by atoms with Crippen LogP contribution in [0.25, 0.3) is 0 Å². The molecule has 0 radical (unpaired) electrons. The number of rotatable bonds is 4. The highest BCUT2D eigenvalue weighted by atomic mass is 35.5. The lowest BCUT2D eigenvalue weighted by atomic mass is 10.1. The highest BCUT2D eigenvalue weighted by Crippen LogP contribution is 2.23. The van der Waals surface area contributed by atoms with E-state index in [0.29, 0.717) is 27.6 Å². The molecule has 2 aromatic rings. The minimum atomic E-state index is -0.238. The van der Waals surface area contributed by atoms with Gasteiger partial charge in [0.25, 0.3) is 0 Å². The molecule has 2 aromatic carbocycles. The number of nitrogens with one attached hydrogen (secondary N) is 1. The van der Waals surface area contributed by atoms with Gasteiger partial charge < -0.3 is 10.1 Å². The van der Waals surface area contributed by atoms with Crippen molar-refractivity contribution in [3.8, 4) is 11.8 Å². The SMILES string of the molecule is COc1ccc(Cl)cc1CC(=O)Nc1ccccc1C#N. The molecule has 21 heavy (non-hydrogen) atoms.